The minimum absolute atomic E-state index is 0.0267. The van der Waals surface area contributed by atoms with E-state index in [1.165, 1.54) is 5.56 Å². The standard InChI is InChI=1S/C18H27N3O3/c1-3-24-18(23)19-16-10-7-11-21(13-16)17(22)14-20(2)12-15-8-5-4-6-9-15/h4-6,8-9,16H,3,7,10-14H2,1-2H3,(H,19,23). The van der Waals surface area contributed by atoms with Crippen molar-refractivity contribution in [1.82, 2.24) is 15.1 Å². The SMILES string of the molecule is CCOC(=O)NC1CCCN(C(=O)CN(C)Cc2ccccc2)C1. The molecule has 1 unspecified atom stereocenters. The molecule has 1 fully saturated rings. The Hall–Kier alpha value is -2.08. The molecule has 6 heteroatoms. The van der Waals surface area contributed by atoms with Crippen molar-refractivity contribution in [3.63, 3.8) is 0 Å². The van der Waals surface area contributed by atoms with Gasteiger partial charge in [0, 0.05) is 25.7 Å². The molecule has 1 N–H and O–H groups in total. The topological polar surface area (TPSA) is 61.9 Å². The number of amides is 2. The zero-order chi connectivity index (χ0) is 17.4. The number of rotatable bonds is 6. The molecular formula is C18H27N3O3. The lowest BCUT2D eigenvalue weighted by Crippen LogP contribution is -2.51. The molecule has 1 aromatic carbocycles. The summed E-state index contributed by atoms with van der Waals surface area (Å²) < 4.78 is 4.91. The van der Waals surface area contributed by atoms with Crippen LogP contribution in [0.4, 0.5) is 4.79 Å². The van der Waals surface area contributed by atoms with E-state index in [0.29, 0.717) is 19.7 Å². The number of piperidine rings is 1. The molecule has 0 aliphatic carbocycles. The summed E-state index contributed by atoms with van der Waals surface area (Å²) in [7, 11) is 1.95. The van der Waals surface area contributed by atoms with Crippen LogP contribution in [0, 0.1) is 0 Å². The molecule has 0 aromatic heterocycles. The third-order valence-corrected chi connectivity index (χ3v) is 4.07. The molecule has 0 spiro atoms. The number of alkyl carbamates (subject to hydrolysis) is 1. The van der Waals surface area contributed by atoms with Crippen molar-refractivity contribution in [2.45, 2.75) is 32.4 Å². The summed E-state index contributed by atoms with van der Waals surface area (Å²) in [5, 5.41) is 2.83. The average molecular weight is 333 g/mol. The largest absolute Gasteiger partial charge is 0.450 e. The second-order valence-corrected chi connectivity index (χ2v) is 6.20. The van der Waals surface area contributed by atoms with Crippen molar-refractivity contribution in [3.05, 3.63) is 35.9 Å². The molecule has 0 radical (unpaired) electrons. The maximum Gasteiger partial charge on any atom is 0.407 e. The Morgan fingerprint density at radius 2 is 2.08 bits per heavy atom. The van der Waals surface area contributed by atoms with Gasteiger partial charge in [0.05, 0.1) is 13.2 Å². The van der Waals surface area contributed by atoms with Crippen molar-refractivity contribution >= 4 is 12.0 Å². The summed E-state index contributed by atoms with van der Waals surface area (Å²) >= 11 is 0. The van der Waals surface area contributed by atoms with Crippen LogP contribution in [0.3, 0.4) is 0 Å². The lowest BCUT2D eigenvalue weighted by molar-refractivity contribution is -0.133. The molecule has 1 saturated heterocycles. The number of carbonyl (C=O) groups is 2. The molecule has 1 aromatic rings. The predicted octanol–water partition coefficient (Wildman–Crippen LogP) is 1.86. The minimum atomic E-state index is -0.405. The zero-order valence-electron chi connectivity index (χ0n) is 14.5. The lowest BCUT2D eigenvalue weighted by atomic mass is 10.1. The van der Waals surface area contributed by atoms with E-state index in [1.54, 1.807) is 6.92 Å². The number of nitrogens with one attached hydrogen (secondary N) is 1. The highest BCUT2D eigenvalue weighted by atomic mass is 16.5. The summed E-state index contributed by atoms with van der Waals surface area (Å²) in [5.41, 5.74) is 1.19. The molecule has 6 nitrogen and oxygen atoms in total. The van der Waals surface area contributed by atoms with E-state index >= 15 is 0 Å². The number of hydrogen-bond donors (Lipinski definition) is 1. The Kier molecular flexibility index (Phi) is 7.06. The fraction of sp³-hybridized carbons (Fsp3) is 0.556. The first kappa shape index (κ1) is 18.3. The van der Waals surface area contributed by atoms with Crippen molar-refractivity contribution in [2.75, 3.05) is 33.3 Å². The average Bonchev–Trinajstić information content (AvgIpc) is 2.56. The summed E-state index contributed by atoms with van der Waals surface area (Å²) in [5.74, 6) is 0.101. The van der Waals surface area contributed by atoms with E-state index in [-0.39, 0.29) is 11.9 Å². The van der Waals surface area contributed by atoms with Gasteiger partial charge in [0.2, 0.25) is 5.91 Å². The van der Waals surface area contributed by atoms with E-state index < -0.39 is 6.09 Å². The number of benzene rings is 1. The van der Waals surface area contributed by atoms with E-state index in [1.807, 2.05) is 35.0 Å². The molecule has 1 aliphatic heterocycles. The van der Waals surface area contributed by atoms with Crippen LogP contribution in [0.1, 0.15) is 25.3 Å². The van der Waals surface area contributed by atoms with E-state index in [2.05, 4.69) is 17.4 Å². The molecule has 132 valence electrons. The Morgan fingerprint density at radius 1 is 1.33 bits per heavy atom. The molecule has 0 saturated carbocycles. The fourth-order valence-electron chi connectivity index (χ4n) is 2.94. The molecule has 2 rings (SSSR count). The van der Waals surface area contributed by atoms with Gasteiger partial charge in [-0.05, 0) is 32.4 Å². The van der Waals surface area contributed by atoms with Gasteiger partial charge >= 0.3 is 6.09 Å². The number of ether oxygens (including phenoxy) is 1. The summed E-state index contributed by atoms with van der Waals surface area (Å²) in [6, 6.07) is 10.1. The molecule has 1 heterocycles. The van der Waals surface area contributed by atoms with Gasteiger partial charge in [-0.2, -0.15) is 0 Å². The van der Waals surface area contributed by atoms with Gasteiger partial charge in [0.15, 0.2) is 0 Å². The fourth-order valence-corrected chi connectivity index (χ4v) is 2.94. The predicted molar refractivity (Wildman–Crippen MR) is 92.5 cm³/mol. The van der Waals surface area contributed by atoms with Crippen molar-refractivity contribution in [2.24, 2.45) is 0 Å². The minimum Gasteiger partial charge on any atom is -0.450 e. The van der Waals surface area contributed by atoms with Gasteiger partial charge in [0.1, 0.15) is 0 Å². The summed E-state index contributed by atoms with van der Waals surface area (Å²) in [4.78, 5) is 27.9. The maximum atomic E-state index is 12.5. The second-order valence-electron chi connectivity index (χ2n) is 6.20. The van der Waals surface area contributed by atoms with E-state index in [9.17, 15) is 9.59 Å². The molecule has 2 amide bonds. The highest BCUT2D eigenvalue weighted by molar-refractivity contribution is 5.78. The Balaban J connectivity index is 1.79. The molecule has 1 aliphatic rings. The number of nitrogens with zero attached hydrogens (tertiary/aromatic N) is 2. The van der Waals surface area contributed by atoms with Crippen LogP contribution in [0.25, 0.3) is 0 Å². The van der Waals surface area contributed by atoms with Crippen molar-refractivity contribution in [1.29, 1.82) is 0 Å². The van der Waals surface area contributed by atoms with Crippen molar-refractivity contribution in [3.8, 4) is 0 Å². The third kappa shape index (κ3) is 5.85. The van der Waals surface area contributed by atoms with Gasteiger partial charge in [-0.15, -0.1) is 0 Å². The molecule has 24 heavy (non-hydrogen) atoms. The maximum absolute atomic E-state index is 12.5. The zero-order valence-corrected chi connectivity index (χ0v) is 14.5. The van der Waals surface area contributed by atoms with Gasteiger partial charge in [-0.1, -0.05) is 30.3 Å². The van der Waals surface area contributed by atoms with Gasteiger partial charge < -0.3 is 15.0 Å². The number of likely N-dealkylation sites (tertiary alicyclic amines) is 1. The molecular weight excluding hydrogens is 306 g/mol. The smallest absolute Gasteiger partial charge is 0.407 e. The lowest BCUT2D eigenvalue weighted by Gasteiger charge is -2.34. The van der Waals surface area contributed by atoms with E-state index in [0.717, 1.165) is 25.9 Å². The van der Waals surface area contributed by atoms with Gasteiger partial charge in [-0.25, -0.2) is 4.79 Å². The quantitative estimate of drug-likeness (QED) is 0.863. The Bertz CT molecular complexity index is 536. The van der Waals surface area contributed by atoms with Crippen LogP contribution in [0.15, 0.2) is 30.3 Å². The normalized spacial score (nSPS) is 17.6. The monoisotopic (exact) mass is 333 g/mol. The van der Waals surface area contributed by atoms with Crippen LogP contribution in [-0.2, 0) is 16.1 Å². The molecule has 0 bridgehead atoms. The van der Waals surface area contributed by atoms with Crippen LogP contribution in [0.5, 0.6) is 0 Å². The third-order valence-electron chi connectivity index (χ3n) is 4.07. The van der Waals surface area contributed by atoms with Crippen LogP contribution in [-0.4, -0.2) is 61.1 Å². The van der Waals surface area contributed by atoms with Gasteiger partial charge in [-0.3, -0.25) is 9.69 Å². The summed E-state index contributed by atoms with van der Waals surface area (Å²) in [6.45, 7) is 4.55. The van der Waals surface area contributed by atoms with Crippen LogP contribution in [0.2, 0.25) is 0 Å². The van der Waals surface area contributed by atoms with Crippen LogP contribution >= 0.6 is 0 Å². The number of hydrogen-bond acceptors (Lipinski definition) is 4. The first-order chi connectivity index (χ1) is 11.6. The second kappa shape index (κ2) is 9.27. The van der Waals surface area contributed by atoms with E-state index in [4.69, 9.17) is 4.74 Å². The number of likely N-dealkylation sites (N-methyl/N-ethyl adjacent to an activating group) is 1. The van der Waals surface area contributed by atoms with Crippen LogP contribution < -0.4 is 5.32 Å². The van der Waals surface area contributed by atoms with Gasteiger partial charge in [0.25, 0.3) is 0 Å². The Labute approximate surface area is 143 Å². The first-order valence-electron chi connectivity index (χ1n) is 8.52. The Morgan fingerprint density at radius 3 is 2.79 bits per heavy atom. The summed E-state index contributed by atoms with van der Waals surface area (Å²) in [6.07, 6.45) is 1.37. The van der Waals surface area contributed by atoms with Crippen molar-refractivity contribution < 1.29 is 14.3 Å². The first-order valence-corrected chi connectivity index (χ1v) is 8.52. The number of carbonyl (C=O) groups excluding carboxylic acids is 2. The highest BCUT2D eigenvalue weighted by Crippen LogP contribution is 2.11. The molecule has 1 atom stereocenters. The highest BCUT2D eigenvalue weighted by Gasteiger charge is 2.25.